The lowest BCUT2D eigenvalue weighted by atomic mass is 10.1. The Kier molecular flexibility index (Phi) is 3.59. The number of nitrogens with zero attached hydrogens (tertiary/aromatic N) is 1. The fourth-order valence-corrected chi connectivity index (χ4v) is 1.67. The second kappa shape index (κ2) is 5.34. The highest BCUT2D eigenvalue weighted by atomic mass is 16.6. The minimum absolute atomic E-state index is 0.104. The fraction of sp³-hybridized carbons (Fsp3) is 0.333. The van der Waals surface area contributed by atoms with Crippen LogP contribution in [-0.4, -0.2) is 17.6 Å². The highest BCUT2D eigenvalue weighted by molar-refractivity contribution is 5.48. The van der Waals surface area contributed by atoms with E-state index in [1.165, 1.54) is 12.1 Å². The van der Waals surface area contributed by atoms with E-state index in [2.05, 4.69) is 5.32 Å². The molecule has 0 radical (unpaired) electrons. The minimum atomic E-state index is -0.404. The van der Waals surface area contributed by atoms with Crippen LogP contribution >= 0.6 is 0 Å². The van der Waals surface area contributed by atoms with E-state index in [1.807, 2.05) is 6.08 Å². The molecule has 1 atom stereocenters. The van der Waals surface area contributed by atoms with Gasteiger partial charge in [0.1, 0.15) is 6.10 Å². The van der Waals surface area contributed by atoms with Gasteiger partial charge in [-0.1, -0.05) is 0 Å². The highest BCUT2D eigenvalue weighted by Crippen LogP contribution is 2.16. The van der Waals surface area contributed by atoms with E-state index in [0.717, 1.165) is 18.5 Å². The number of allylic oxidation sites excluding steroid dienone is 1. The summed E-state index contributed by atoms with van der Waals surface area (Å²) in [7, 11) is 0. The Bertz CT molecular complexity index is 414. The third-order valence-electron chi connectivity index (χ3n) is 2.63. The van der Waals surface area contributed by atoms with E-state index in [4.69, 9.17) is 4.74 Å². The molecule has 1 aliphatic rings. The molecular formula is C12H14N2O3. The lowest BCUT2D eigenvalue weighted by Crippen LogP contribution is -2.22. The average molecular weight is 234 g/mol. The van der Waals surface area contributed by atoms with Crippen LogP contribution in [0.25, 0.3) is 0 Å². The number of nitro benzene ring substituents is 1. The van der Waals surface area contributed by atoms with E-state index in [-0.39, 0.29) is 11.8 Å². The Morgan fingerprint density at radius 1 is 1.41 bits per heavy atom. The number of nitro groups is 1. The van der Waals surface area contributed by atoms with Gasteiger partial charge < -0.3 is 10.1 Å². The highest BCUT2D eigenvalue weighted by Gasteiger charge is 2.10. The molecule has 17 heavy (non-hydrogen) atoms. The summed E-state index contributed by atoms with van der Waals surface area (Å²) in [6.45, 7) is 0.710. The summed E-state index contributed by atoms with van der Waals surface area (Å²) < 4.78 is 5.41. The molecule has 0 saturated carbocycles. The number of hydrogen-bond acceptors (Lipinski definition) is 4. The van der Waals surface area contributed by atoms with E-state index >= 15 is 0 Å². The van der Waals surface area contributed by atoms with E-state index in [9.17, 15) is 10.1 Å². The Balaban J connectivity index is 1.86. The molecule has 1 N–H and O–H groups in total. The lowest BCUT2D eigenvalue weighted by molar-refractivity contribution is -0.384. The molecule has 1 heterocycles. The fourth-order valence-electron chi connectivity index (χ4n) is 1.67. The first-order valence-corrected chi connectivity index (χ1v) is 5.54. The molecule has 2 rings (SSSR count). The standard InChI is InChI=1S/C12H14N2O3/c15-14(16)11-6-4-10(5-7-11)13-9-12-3-1-2-8-17-12/h2,4-8,12-13H,1,3,9H2. The Morgan fingerprint density at radius 2 is 2.18 bits per heavy atom. The molecule has 0 aliphatic carbocycles. The maximum Gasteiger partial charge on any atom is 0.269 e. The molecule has 1 aromatic rings. The zero-order valence-electron chi connectivity index (χ0n) is 9.33. The Hall–Kier alpha value is -2.04. The van der Waals surface area contributed by atoms with Gasteiger partial charge in [-0.2, -0.15) is 0 Å². The van der Waals surface area contributed by atoms with Crippen molar-refractivity contribution in [2.75, 3.05) is 11.9 Å². The summed E-state index contributed by atoms with van der Waals surface area (Å²) in [5.41, 5.74) is 0.973. The zero-order valence-corrected chi connectivity index (χ0v) is 9.33. The van der Waals surface area contributed by atoms with Crippen LogP contribution in [0.15, 0.2) is 36.6 Å². The zero-order chi connectivity index (χ0) is 12.1. The summed E-state index contributed by atoms with van der Waals surface area (Å²) in [4.78, 5) is 10.1. The second-order valence-corrected chi connectivity index (χ2v) is 3.89. The van der Waals surface area contributed by atoms with Crippen LogP contribution < -0.4 is 5.32 Å². The van der Waals surface area contributed by atoms with E-state index < -0.39 is 4.92 Å². The van der Waals surface area contributed by atoms with Crippen molar-refractivity contribution in [1.29, 1.82) is 0 Å². The molecule has 0 saturated heterocycles. The van der Waals surface area contributed by atoms with Gasteiger partial charge in [-0.05, 0) is 31.1 Å². The number of hydrogen-bond donors (Lipinski definition) is 1. The van der Waals surface area contributed by atoms with Gasteiger partial charge in [0.2, 0.25) is 0 Å². The molecular weight excluding hydrogens is 220 g/mol. The monoisotopic (exact) mass is 234 g/mol. The molecule has 90 valence electrons. The number of ether oxygens (including phenoxy) is 1. The third kappa shape index (κ3) is 3.21. The number of rotatable bonds is 4. The number of non-ortho nitro benzene ring substituents is 1. The van der Waals surface area contributed by atoms with Crippen LogP contribution in [0.5, 0.6) is 0 Å². The molecule has 0 aromatic heterocycles. The Labute approximate surface area is 99.2 Å². The van der Waals surface area contributed by atoms with Crippen LogP contribution in [-0.2, 0) is 4.74 Å². The van der Waals surface area contributed by atoms with Crippen molar-refractivity contribution in [3.8, 4) is 0 Å². The smallest absolute Gasteiger partial charge is 0.269 e. The molecule has 5 nitrogen and oxygen atoms in total. The van der Waals surface area contributed by atoms with Gasteiger partial charge >= 0.3 is 0 Å². The maximum absolute atomic E-state index is 10.5. The summed E-state index contributed by atoms with van der Waals surface area (Å²) in [5, 5.41) is 13.7. The van der Waals surface area contributed by atoms with Crippen molar-refractivity contribution in [3.05, 3.63) is 46.7 Å². The van der Waals surface area contributed by atoms with Crippen LogP contribution in [0, 0.1) is 10.1 Å². The van der Waals surface area contributed by atoms with Gasteiger partial charge in [-0.15, -0.1) is 0 Å². The van der Waals surface area contributed by atoms with Crippen LogP contribution in [0.2, 0.25) is 0 Å². The van der Waals surface area contributed by atoms with Crippen molar-refractivity contribution >= 4 is 11.4 Å². The number of anilines is 1. The van der Waals surface area contributed by atoms with Crippen molar-refractivity contribution in [1.82, 2.24) is 0 Å². The molecule has 5 heteroatoms. The van der Waals surface area contributed by atoms with Crippen LogP contribution in [0.1, 0.15) is 12.8 Å². The van der Waals surface area contributed by atoms with Gasteiger partial charge in [-0.25, -0.2) is 0 Å². The van der Waals surface area contributed by atoms with Gasteiger partial charge in [0, 0.05) is 17.8 Å². The van der Waals surface area contributed by atoms with E-state index in [0.29, 0.717) is 6.54 Å². The number of benzene rings is 1. The molecule has 0 amide bonds. The normalized spacial score (nSPS) is 18.5. The lowest BCUT2D eigenvalue weighted by Gasteiger charge is -2.20. The summed E-state index contributed by atoms with van der Waals surface area (Å²) in [6.07, 6.45) is 5.94. The van der Waals surface area contributed by atoms with Crippen molar-refractivity contribution in [2.45, 2.75) is 18.9 Å². The first-order valence-electron chi connectivity index (χ1n) is 5.54. The van der Waals surface area contributed by atoms with Gasteiger partial charge in [0.25, 0.3) is 5.69 Å². The Morgan fingerprint density at radius 3 is 2.76 bits per heavy atom. The topological polar surface area (TPSA) is 64.4 Å². The van der Waals surface area contributed by atoms with Crippen LogP contribution in [0.4, 0.5) is 11.4 Å². The molecule has 0 spiro atoms. The number of nitrogens with one attached hydrogen (secondary N) is 1. The molecule has 1 aromatic carbocycles. The van der Waals surface area contributed by atoms with Crippen molar-refractivity contribution in [2.24, 2.45) is 0 Å². The van der Waals surface area contributed by atoms with Gasteiger partial charge in [0.15, 0.2) is 0 Å². The summed E-state index contributed by atoms with van der Waals surface area (Å²) >= 11 is 0. The predicted molar refractivity (Wildman–Crippen MR) is 64.8 cm³/mol. The van der Waals surface area contributed by atoms with E-state index in [1.54, 1.807) is 18.4 Å². The van der Waals surface area contributed by atoms with Crippen molar-refractivity contribution < 1.29 is 9.66 Å². The first kappa shape index (κ1) is 11.4. The van der Waals surface area contributed by atoms with Gasteiger partial charge in [0.05, 0.1) is 17.7 Å². The first-order chi connectivity index (χ1) is 8.25. The molecule has 0 fully saturated rings. The predicted octanol–water partition coefficient (Wildman–Crippen LogP) is 2.70. The average Bonchev–Trinajstić information content (AvgIpc) is 2.38. The van der Waals surface area contributed by atoms with Crippen molar-refractivity contribution in [3.63, 3.8) is 0 Å². The SMILES string of the molecule is O=[N+]([O-])c1ccc(NCC2CCC=CO2)cc1. The maximum atomic E-state index is 10.5. The van der Waals surface area contributed by atoms with Crippen LogP contribution in [0.3, 0.4) is 0 Å². The molecule has 0 bridgehead atoms. The molecule has 1 aliphatic heterocycles. The largest absolute Gasteiger partial charge is 0.497 e. The van der Waals surface area contributed by atoms with Gasteiger partial charge in [-0.3, -0.25) is 10.1 Å². The third-order valence-corrected chi connectivity index (χ3v) is 2.63. The second-order valence-electron chi connectivity index (χ2n) is 3.89. The minimum Gasteiger partial charge on any atom is -0.497 e. The summed E-state index contributed by atoms with van der Waals surface area (Å²) in [6, 6.07) is 6.39. The summed E-state index contributed by atoms with van der Waals surface area (Å²) in [5.74, 6) is 0. The quantitative estimate of drug-likeness (QED) is 0.642. The molecule has 1 unspecified atom stereocenters.